The van der Waals surface area contributed by atoms with E-state index in [1.54, 1.807) is 43.5 Å². The number of amides is 1. The molecule has 0 aliphatic carbocycles. The summed E-state index contributed by atoms with van der Waals surface area (Å²) in [4.78, 5) is 12.2. The minimum atomic E-state index is -0.266. The maximum atomic E-state index is 12.2. The van der Waals surface area contributed by atoms with Crippen molar-refractivity contribution in [2.45, 2.75) is 0 Å². The van der Waals surface area contributed by atoms with Crippen molar-refractivity contribution >= 4 is 33.2 Å². The van der Waals surface area contributed by atoms with E-state index < -0.39 is 0 Å². The van der Waals surface area contributed by atoms with Crippen molar-refractivity contribution in [2.24, 2.45) is 0 Å². The lowest BCUT2D eigenvalue weighted by Crippen LogP contribution is -2.12. The summed E-state index contributed by atoms with van der Waals surface area (Å²) in [6.45, 7) is 0. The predicted octanol–water partition coefficient (Wildman–Crippen LogP) is 3.30. The van der Waals surface area contributed by atoms with Crippen LogP contribution in [0.5, 0.6) is 11.5 Å². The second-order valence-corrected chi connectivity index (χ2v) is 5.15. The third-order valence-electron chi connectivity index (χ3n) is 2.84. The summed E-state index contributed by atoms with van der Waals surface area (Å²) in [6, 6.07) is 10.2. The summed E-state index contributed by atoms with van der Waals surface area (Å²) < 4.78 is 11.0. The fourth-order valence-electron chi connectivity index (χ4n) is 1.82. The van der Waals surface area contributed by atoms with Gasteiger partial charge in [-0.25, -0.2) is 0 Å². The molecule has 2 rings (SSSR count). The van der Waals surface area contributed by atoms with Crippen LogP contribution >= 0.6 is 15.9 Å². The second kappa shape index (κ2) is 6.49. The fraction of sp³-hybridized carbons (Fsp3) is 0.133. The number of nitrogens with one attached hydrogen (secondary N) is 1. The Morgan fingerprint density at radius 2 is 1.90 bits per heavy atom. The number of benzene rings is 2. The van der Waals surface area contributed by atoms with Gasteiger partial charge in [-0.1, -0.05) is 0 Å². The highest BCUT2D eigenvalue weighted by Crippen LogP contribution is 2.28. The highest BCUT2D eigenvalue weighted by Gasteiger charge is 2.10. The zero-order chi connectivity index (χ0) is 15.4. The van der Waals surface area contributed by atoms with Gasteiger partial charge in [0.2, 0.25) is 0 Å². The first-order valence-electron chi connectivity index (χ1n) is 6.13. The quantitative estimate of drug-likeness (QED) is 0.829. The van der Waals surface area contributed by atoms with Crippen LogP contribution in [0.4, 0.5) is 11.4 Å². The van der Waals surface area contributed by atoms with Crippen LogP contribution in [0.15, 0.2) is 40.9 Å². The van der Waals surface area contributed by atoms with Crippen LogP contribution in [-0.4, -0.2) is 20.1 Å². The lowest BCUT2D eigenvalue weighted by Gasteiger charge is -2.10. The molecule has 0 aromatic heterocycles. The van der Waals surface area contributed by atoms with Crippen LogP contribution < -0.4 is 20.5 Å². The SMILES string of the molecule is COc1cc(N)cc(C(=O)Nc2ccc(OC)c(Br)c2)c1. The van der Waals surface area contributed by atoms with Crippen molar-refractivity contribution in [3.05, 3.63) is 46.4 Å². The third-order valence-corrected chi connectivity index (χ3v) is 3.46. The predicted molar refractivity (Wildman–Crippen MR) is 86.1 cm³/mol. The summed E-state index contributed by atoms with van der Waals surface area (Å²) in [5, 5.41) is 2.79. The van der Waals surface area contributed by atoms with Crippen molar-refractivity contribution in [1.82, 2.24) is 0 Å². The van der Waals surface area contributed by atoms with Crippen LogP contribution in [0.1, 0.15) is 10.4 Å². The van der Waals surface area contributed by atoms with Crippen molar-refractivity contribution in [3.8, 4) is 11.5 Å². The molecule has 6 heteroatoms. The molecule has 21 heavy (non-hydrogen) atoms. The van der Waals surface area contributed by atoms with Crippen molar-refractivity contribution in [1.29, 1.82) is 0 Å². The minimum absolute atomic E-state index is 0.266. The summed E-state index contributed by atoms with van der Waals surface area (Å²) in [7, 11) is 3.11. The molecule has 0 fully saturated rings. The number of halogens is 1. The van der Waals surface area contributed by atoms with Gasteiger partial charge >= 0.3 is 0 Å². The first-order chi connectivity index (χ1) is 10.0. The largest absolute Gasteiger partial charge is 0.497 e. The molecule has 3 N–H and O–H groups in total. The summed E-state index contributed by atoms with van der Waals surface area (Å²) in [6.07, 6.45) is 0. The number of carbonyl (C=O) groups is 1. The van der Waals surface area contributed by atoms with E-state index in [0.717, 1.165) is 4.47 Å². The maximum absolute atomic E-state index is 12.2. The van der Waals surface area contributed by atoms with Gasteiger partial charge in [0.1, 0.15) is 11.5 Å². The third kappa shape index (κ3) is 3.66. The lowest BCUT2D eigenvalue weighted by atomic mass is 10.1. The number of nitrogens with two attached hydrogens (primary N) is 1. The fourth-order valence-corrected chi connectivity index (χ4v) is 2.36. The zero-order valence-corrected chi connectivity index (χ0v) is 13.2. The van der Waals surface area contributed by atoms with Gasteiger partial charge in [0, 0.05) is 23.0 Å². The number of methoxy groups -OCH3 is 2. The number of anilines is 2. The molecule has 2 aromatic rings. The molecule has 0 bridgehead atoms. The van der Waals surface area contributed by atoms with Gasteiger partial charge in [0.15, 0.2) is 0 Å². The van der Waals surface area contributed by atoms with E-state index >= 15 is 0 Å². The number of ether oxygens (including phenoxy) is 2. The molecule has 0 saturated carbocycles. The monoisotopic (exact) mass is 350 g/mol. The highest BCUT2D eigenvalue weighted by molar-refractivity contribution is 9.10. The Morgan fingerprint density at radius 3 is 2.52 bits per heavy atom. The molecule has 0 spiro atoms. The Bertz CT molecular complexity index is 674. The number of rotatable bonds is 4. The highest BCUT2D eigenvalue weighted by atomic mass is 79.9. The Kier molecular flexibility index (Phi) is 4.70. The number of carbonyl (C=O) groups excluding carboxylic acids is 1. The molecular formula is C15H15BrN2O3. The van der Waals surface area contributed by atoms with Crippen LogP contribution in [0.2, 0.25) is 0 Å². The lowest BCUT2D eigenvalue weighted by molar-refractivity contribution is 0.102. The van der Waals surface area contributed by atoms with E-state index in [4.69, 9.17) is 15.2 Å². The Morgan fingerprint density at radius 1 is 1.14 bits per heavy atom. The summed E-state index contributed by atoms with van der Waals surface area (Å²) in [5.74, 6) is 0.965. The van der Waals surface area contributed by atoms with E-state index in [9.17, 15) is 4.79 Å². The molecule has 0 radical (unpaired) electrons. The van der Waals surface area contributed by atoms with Crippen LogP contribution in [0, 0.1) is 0 Å². The molecule has 1 amide bonds. The Balaban J connectivity index is 2.21. The van der Waals surface area contributed by atoms with Crippen molar-refractivity contribution < 1.29 is 14.3 Å². The molecule has 5 nitrogen and oxygen atoms in total. The first-order valence-corrected chi connectivity index (χ1v) is 6.92. The summed E-state index contributed by atoms with van der Waals surface area (Å²) in [5.41, 5.74) is 7.29. The van der Waals surface area contributed by atoms with Crippen LogP contribution in [0.25, 0.3) is 0 Å². The Hall–Kier alpha value is -2.21. The van der Waals surface area contributed by atoms with Gasteiger partial charge in [0.25, 0.3) is 5.91 Å². The second-order valence-electron chi connectivity index (χ2n) is 4.30. The van der Waals surface area contributed by atoms with E-state index in [1.807, 2.05) is 0 Å². The molecule has 0 unspecified atom stereocenters. The average molecular weight is 351 g/mol. The zero-order valence-electron chi connectivity index (χ0n) is 11.6. The van der Waals surface area contributed by atoms with Gasteiger partial charge in [-0.3, -0.25) is 4.79 Å². The number of nitrogen functional groups attached to an aromatic ring is 1. The molecule has 0 aliphatic heterocycles. The normalized spacial score (nSPS) is 10.0. The van der Waals surface area contributed by atoms with Crippen LogP contribution in [0.3, 0.4) is 0 Å². The standard InChI is InChI=1S/C15H15BrN2O3/c1-20-12-6-9(5-10(17)7-12)15(19)18-11-3-4-14(21-2)13(16)8-11/h3-8H,17H2,1-2H3,(H,18,19). The maximum Gasteiger partial charge on any atom is 0.255 e. The van der Waals surface area contributed by atoms with Gasteiger partial charge in [-0.2, -0.15) is 0 Å². The minimum Gasteiger partial charge on any atom is -0.497 e. The van der Waals surface area contributed by atoms with E-state index in [0.29, 0.717) is 28.4 Å². The molecular weight excluding hydrogens is 336 g/mol. The van der Waals surface area contributed by atoms with E-state index in [-0.39, 0.29) is 5.91 Å². The Labute approximate surface area is 131 Å². The van der Waals surface area contributed by atoms with E-state index in [1.165, 1.54) is 7.11 Å². The molecule has 0 aliphatic rings. The molecule has 110 valence electrons. The van der Waals surface area contributed by atoms with E-state index in [2.05, 4.69) is 21.2 Å². The van der Waals surface area contributed by atoms with Gasteiger partial charge in [0.05, 0.1) is 18.7 Å². The van der Waals surface area contributed by atoms with Crippen molar-refractivity contribution in [3.63, 3.8) is 0 Å². The van der Waals surface area contributed by atoms with Gasteiger partial charge in [-0.15, -0.1) is 0 Å². The molecule has 0 heterocycles. The van der Waals surface area contributed by atoms with Crippen LogP contribution in [-0.2, 0) is 0 Å². The first kappa shape index (κ1) is 15.2. The average Bonchev–Trinajstić information content (AvgIpc) is 2.46. The van der Waals surface area contributed by atoms with Gasteiger partial charge < -0.3 is 20.5 Å². The number of hydrogen-bond acceptors (Lipinski definition) is 4. The molecule has 0 saturated heterocycles. The van der Waals surface area contributed by atoms with Crippen molar-refractivity contribution in [2.75, 3.05) is 25.3 Å². The topological polar surface area (TPSA) is 73.6 Å². The smallest absolute Gasteiger partial charge is 0.255 e. The summed E-state index contributed by atoms with van der Waals surface area (Å²) >= 11 is 3.37. The number of hydrogen-bond donors (Lipinski definition) is 2. The molecule has 0 atom stereocenters. The van der Waals surface area contributed by atoms with Gasteiger partial charge in [-0.05, 0) is 46.3 Å². The molecule has 2 aromatic carbocycles.